The first-order valence-corrected chi connectivity index (χ1v) is 8.94. The van der Waals surface area contributed by atoms with E-state index in [9.17, 15) is 10.2 Å². The fourth-order valence-corrected chi connectivity index (χ4v) is 6.07. The Morgan fingerprint density at radius 3 is 2.74 bits per heavy atom. The van der Waals surface area contributed by atoms with E-state index in [0.29, 0.717) is 23.5 Å². The molecule has 2 fully saturated rings. The van der Waals surface area contributed by atoms with Crippen molar-refractivity contribution in [3.8, 4) is 5.75 Å². The summed E-state index contributed by atoms with van der Waals surface area (Å²) in [7, 11) is 1.81. The SMILES string of the molecule is CO[C@H]1C[C@@]2(C)C(CC[C@]2(C)O)C2CCc3cc(O)ccc3C21. The topological polar surface area (TPSA) is 49.7 Å². The quantitative estimate of drug-likeness (QED) is 0.832. The number of benzene rings is 1. The second-order valence-corrected chi connectivity index (χ2v) is 8.43. The number of hydrogen-bond acceptors (Lipinski definition) is 3. The van der Waals surface area contributed by atoms with Gasteiger partial charge in [0.05, 0.1) is 11.7 Å². The first-order chi connectivity index (χ1) is 10.9. The molecule has 3 nitrogen and oxygen atoms in total. The summed E-state index contributed by atoms with van der Waals surface area (Å²) in [6, 6.07) is 5.84. The minimum Gasteiger partial charge on any atom is -0.508 e. The summed E-state index contributed by atoms with van der Waals surface area (Å²) in [5, 5.41) is 20.8. The maximum atomic E-state index is 11.0. The van der Waals surface area contributed by atoms with Crippen LogP contribution >= 0.6 is 0 Å². The van der Waals surface area contributed by atoms with Gasteiger partial charge in [0.1, 0.15) is 5.75 Å². The van der Waals surface area contributed by atoms with Gasteiger partial charge in [-0.25, -0.2) is 0 Å². The molecule has 0 radical (unpaired) electrons. The lowest BCUT2D eigenvalue weighted by molar-refractivity contribution is -0.132. The molecular formula is C20H28O3. The van der Waals surface area contributed by atoms with Crippen molar-refractivity contribution in [1.82, 2.24) is 0 Å². The van der Waals surface area contributed by atoms with Gasteiger partial charge in [0, 0.05) is 18.4 Å². The van der Waals surface area contributed by atoms with Gasteiger partial charge >= 0.3 is 0 Å². The fraction of sp³-hybridized carbons (Fsp3) is 0.700. The Bertz CT molecular complexity index is 623. The van der Waals surface area contributed by atoms with Crippen LogP contribution in [0.2, 0.25) is 0 Å². The summed E-state index contributed by atoms with van der Waals surface area (Å²) >= 11 is 0. The Morgan fingerprint density at radius 2 is 2.00 bits per heavy atom. The monoisotopic (exact) mass is 316 g/mol. The van der Waals surface area contributed by atoms with Crippen molar-refractivity contribution in [2.75, 3.05) is 7.11 Å². The summed E-state index contributed by atoms with van der Waals surface area (Å²) in [5.41, 5.74) is 2.00. The molecule has 3 unspecified atom stereocenters. The third-order valence-electron chi connectivity index (χ3n) is 7.53. The zero-order valence-electron chi connectivity index (χ0n) is 14.4. The molecule has 4 rings (SSSR count). The summed E-state index contributed by atoms with van der Waals surface area (Å²) in [5.74, 6) is 1.90. The van der Waals surface area contributed by atoms with E-state index in [0.717, 1.165) is 32.1 Å². The highest BCUT2D eigenvalue weighted by Crippen LogP contribution is 2.64. The van der Waals surface area contributed by atoms with E-state index in [1.54, 1.807) is 0 Å². The Labute approximate surface area is 138 Å². The average Bonchev–Trinajstić information content (AvgIpc) is 2.76. The number of hydrogen-bond donors (Lipinski definition) is 2. The number of phenolic OH excluding ortho intramolecular Hbond substituents is 1. The Hall–Kier alpha value is -1.06. The van der Waals surface area contributed by atoms with Gasteiger partial charge in [-0.1, -0.05) is 13.0 Å². The number of aryl methyl sites for hydroxylation is 1. The molecule has 1 aromatic carbocycles. The molecule has 126 valence electrons. The lowest BCUT2D eigenvalue weighted by Gasteiger charge is -2.55. The summed E-state index contributed by atoms with van der Waals surface area (Å²) < 4.78 is 5.94. The summed E-state index contributed by atoms with van der Waals surface area (Å²) in [6.07, 6.45) is 5.25. The van der Waals surface area contributed by atoms with Crippen molar-refractivity contribution in [2.45, 2.75) is 63.6 Å². The smallest absolute Gasteiger partial charge is 0.115 e. The molecule has 2 saturated carbocycles. The molecule has 3 aliphatic rings. The van der Waals surface area contributed by atoms with Crippen LogP contribution in [0.3, 0.4) is 0 Å². The van der Waals surface area contributed by atoms with Crippen molar-refractivity contribution in [1.29, 1.82) is 0 Å². The number of aromatic hydroxyl groups is 1. The van der Waals surface area contributed by atoms with Crippen molar-refractivity contribution >= 4 is 0 Å². The lowest BCUT2D eigenvalue weighted by Crippen LogP contribution is -2.54. The van der Waals surface area contributed by atoms with E-state index < -0.39 is 5.60 Å². The maximum Gasteiger partial charge on any atom is 0.115 e. The van der Waals surface area contributed by atoms with Gasteiger partial charge in [-0.3, -0.25) is 0 Å². The van der Waals surface area contributed by atoms with E-state index in [1.807, 2.05) is 26.2 Å². The molecule has 2 N–H and O–H groups in total. The zero-order chi connectivity index (χ0) is 16.4. The molecule has 0 bridgehead atoms. The van der Waals surface area contributed by atoms with E-state index in [2.05, 4.69) is 13.0 Å². The van der Waals surface area contributed by atoms with Crippen LogP contribution in [0.15, 0.2) is 18.2 Å². The van der Waals surface area contributed by atoms with Gasteiger partial charge in [0.15, 0.2) is 0 Å². The van der Waals surface area contributed by atoms with E-state index in [-0.39, 0.29) is 11.5 Å². The summed E-state index contributed by atoms with van der Waals surface area (Å²) in [6.45, 7) is 4.30. The van der Waals surface area contributed by atoms with E-state index in [4.69, 9.17) is 4.74 Å². The number of rotatable bonds is 1. The van der Waals surface area contributed by atoms with Gasteiger partial charge in [0.2, 0.25) is 0 Å². The molecule has 0 aromatic heterocycles. The lowest BCUT2D eigenvalue weighted by atomic mass is 9.52. The van der Waals surface area contributed by atoms with E-state index >= 15 is 0 Å². The van der Waals surface area contributed by atoms with Crippen LogP contribution in [0.4, 0.5) is 0 Å². The third-order valence-corrected chi connectivity index (χ3v) is 7.53. The van der Waals surface area contributed by atoms with Crippen LogP contribution in [0, 0.1) is 17.3 Å². The average molecular weight is 316 g/mol. The highest BCUT2D eigenvalue weighted by molar-refractivity contribution is 5.41. The second-order valence-electron chi connectivity index (χ2n) is 8.43. The third kappa shape index (κ3) is 2.02. The van der Waals surface area contributed by atoms with Gasteiger partial charge in [-0.2, -0.15) is 0 Å². The molecule has 0 spiro atoms. The fourth-order valence-electron chi connectivity index (χ4n) is 6.07. The first kappa shape index (κ1) is 15.5. The number of fused-ring (bicyclic) bond motifs is 5. The van der Waals surface area contributed by atoms with Gasteiger partial charge in [0.25, 0.3) is 0 Å². The van der Waals surface area contributed by atoms with Crippen LogP contribution in [0.1, 0.15) is 56.6 Å². The molecule has 3 aliphatic carbocycles. The standard InChI is InChI=1S/C20H28O3/c1-19-11-17(23-3)18-14-7-5-13(21)10-12(14)4-6-15(18)16(19)8-9-20(19,2)22/h5,7,10,15-18,21-22H,4,6,8-9,11H2,1-3H3/t15?,16?,17-,18?,19-,20-/m0/s1. The molecule has 0 aliphatic heterocycles. The van der Waals surface area contributed by atoms with Gasteiger partial charge < -0.3 is 14.9 Å². The normalized spacial score (nSPS) is 45.2. The highest BCUT2D eigenvalue weighted by atomic mass is 16.5. The van der Waals surface area contributed by atoms with Gasteiger partial charge in [-0.15, -0.1) is 0 Å². The number of ether oxygens (including phenoxy) is 1. The van der Waals surface area contributed by atoms with Crippen LogP contribution < -0.4 is 0 Å². The minimum absolute atomic E-state index is 0.0523. The largest absolute Gasteiger partial charge is 0.508 e. The predicted octanol–water partition coefficient (Wildman–Crippen LogP) is 3.62. The minimum atomic E-state index is -0.589. The van der Waals surface area contributed by atoms with Crippen molar-refractivity contribution in [2.24, 2.45) is 17.3 Å². The van der Waals surface area contributed by atoms with Crippen LogP contribution in [0.25, 0.3) is 0 Å². The van der Waals surface area contributed by atoms with E-state index in [1.165, 1.54) is 11.1 Å². The van der Waals surface area contributed by atoms with Crippen molar-refractivity contribution < 1.29 is 14.9 Å². The Balaban J connectivity index is 1.79. The van der Waals surface area contributed by atoms with Crippen molar-refractivity contribution in [3.63, 3.8) is 0 Å². The number of aliphatic hydroxyl groups is 1. The zero-order valence-corrected chi connectivity index (χ0v) is 14.4. The molecule has 23 heavy (non-hydrogen) atoms. The first-order valence-electron chi connectivity index (χ1n) is 8.94. The molecular weight excluding hydrogens is 288 g/mol. The molecule has 6 atom stereocenters. The molecule has 3 heteroatoms. The van der Waals surface area contributed by atoms with Crippen LogP contribution in [0.5, 0.6) is 5.75 Å². The van der Waals surface area contributed by atoms with Gasteiger partial charge in [-0.05, 0) is 74.1 Å². The number of methoxy groups -OCH3 is 1. The maximum absolute atomic E-state index is 11.0. The molecule has 0 saturated heterocycles. The Morgan fingerprint density at radius 1 is 1.22 bits per heavy atom. The second kappa shape index (κ2) is 4.97. The molecule has 1 aromatic rings. The van der Waals surface area contributed by atoms with Crippen molar-refractivity contribution in [3.05, 3.63) is 29.3 Å². The highest BCUT2D eigenvalue weighted by Gasteiger charge is 2.62. The summed E-state index contributed by atoms with van der Waals surface area (Å²) in [4.78, 5) is 0. The van der Waals surface area contributed by atoms with Crippen LogP contribution in [-0.2, 0) is 11.2 Å². The molecule has 0 amide bonds. The predicted molar refractivity (Wildman–Crippen MR) is 89.5 cm³/mol. The molecule has 0 heterocycles. The number of phenols is 1. The Kier molecular flexibility index (Phi) is 3.34. The van der Waals surface area contributed by atoms with Crippen LogP contribution in [-0.4, -0.2) is 29.0 Å².